The molecule has 1 amide bonds. The van der Waals surface area contributed by atoms with Crippen molar-refractivity contribution in [2.75, 3.05) is 6.54 Å². The quantitative estimate of drug-likeness (QED) is 0.822. The number of carbonyl (C=O) groups excluding carboxylic acids is 1. The van der Waals surface area contributed by atoms with E-state index in [1.165, 1.54) is 22.3 Å². The summed E-state index contributed by atoms with van der Waals surface area (Å²) in [4.78, 5) is 14.9. The molecule has 1 aliphatic heterocycles. The highest BCUT2D eigenvalue weighted by atomic mass is 16.2. The molecule has 4 rings (SSSR count). The Labute approximate surface area is 131 Å². The van der Waals surface area contributed by atoms with Crippen molar-refractivity contribution in [3.63, 3.8) is 0 Å². The largest absolute Gasteiger partial charge is 0.331 e. The summed E-state index contributed by atoms with van der Waals surface area (Å²) in [7, 11) is 0. The molecule has 112 valence electrons. The fourth-order valence-electron chi connectivity index (χ4n) is 3.55. The summed E-state index contributed by atoms with van der Waals surface area (Å²) in [5, 5.41) is 0. The van der Waals surface area contributed by atoms with Crippen LogP contribution in [0.3, 0.4) is 0 Å². The van der Waals surface area contributed by atoms with E-state index in [0.29, 0.717) is 5.91 Å². The summed E-state index contributed by atoms with van der Waals surface area (Å²) < 4.78 is 0. The number of fused-ring (bicyclic) bond motifs is 1. The smallest absolute Gasteiger partial charge is 0.226 e. The van der Waals surface area contributed by atoms with Gasteiger partial charge in [-0.2, -0.15) is 0 Å². The average molecular weight is 291 g/mol. The van der Waals surface area contributed by atoms with Gasteiger partial charge in [-0.25, -0.2) is 0 Å². The Kier molecular flexibility index (Phi) is 3.25. The lowest BCUT2D eigenvalue weighted by Gasteiger charge is -2.38. The fraction of sp³-hybridized carbons (Fsp3) is 0.350. The average Bonchev–Trinajstić information content (AvgIpc) is 3.38. The second-order valence-corrected chi connectivity index (χ2v) is 6.57. The minimum absolute atomic E-state index is 0.0821. The van der Waals surface area contributed by atoms with Crippen molar-refractivity contribution in [3.05, 3.63) is 70.8 Å². The van der Waals surface area contributed by atoms with E-state index < -0.39 is 0 Å². The zero-order valence-electron chi connectivity index (χ0n) is 13.0. The third-order valence-corrected chi connectivity index (χ3v) is 4.85. The standard InChI is InChI=1S/C20H21NO/c1-14-7-10-18-17(13-14)11-12-21(20(22)16-8-9-16)19(18)15-5-3-2-4-6-15/h2-7,10,13,16,19H,8-9,11-12H2,1H3. The number of nitrogens with zero attached hydrogens (tertiary/aromatic N) is 1. The molecule has 1 saturated carbocycles. The minimum Gasteiger partial charge on any atom is -0.331 e. The summed E-state index contributed by atoms with van der Waals surface area (Å²) in [6.45, 7) is 2.98. The van der Waals surface area contributed by atoms with Gasteiger partial charge in [0.05, 0.1) is 6.04 Å². The van der Waals surface area contributed by atoms with E-state index in [0.717, 1.165) is 25.8 Å². The van der Waals surface area contributed by atoms with E-state index in [4.69, 9.17) is 0 Å². The number of rotatable bonds is 2. The maximum absolute atomic E-state index is 12.7. The predicted molar refractivity (Wildman–Crippen MR) is 87.6 cm³/mol. The van der Waals surface area contributed by atoms with Crippen LogP contribution in [0.25, 0.3) is 0 Å². The molecule has 2 aromatic rings. The number of carbonyl (C=O) groups is 1. The van der Waals surface area contributed by atoms with E-state index in [2.05, 4.69) is 54.3 Å². The Bertz CT molecular complexity index is 703. The molecule has 2 heteroatoms. The molecule has 0 N–H and O–H groups in total. The van der Waals surface area contributed by atoms with E-state index in [1.54, 1.807) is 0 Å². The molecule has 0 aromatic heterocycles. The molecule has 22 heavy (non-hydrogen) atoms. The Morgan fingerprint density at radius 3 is 2.59 bits per heavy atom. The number of benzene rings is 2. The summed E-state index contributed by atoms with van der Waals surface area (Å²) in [6, 6.07) is 17.2. The van der Waals surface area contributed by atoms with E-state index in [-0.39, 0.29) is 12.0 Å². The van der Waals surface area contributed by atoms with Gasteiger partial charge in [-0.1, -0.05) is 54.1 Å². The van der Waals surface area contributed by atoms with Crippen molar-refractivity contribution < 1.29 is 4.79 Å². The monoisotopic (exact) mass is 291 g/mol. The van der Waals surface area contributed by atoms with Crippen LogP contribution < -0.4 is 0 Å². The van der Waals surface area contributed by atoms with Gasteiger partial charge in [0.2, 0.25) is 5.91 Å². The lowest BCUT2D eigenvalue weighted by atomic mass is 9.87. The molecule has 0 saturated heterocycles. The molecule has 1 atom stereocenters. The molecule has 2 aromatic carbocycles. The van der Waals surface area contributed by atoms with E-state index in [9.17, 15) is 4.79 Å². The van der Waals surface area contributed by atoms with Gasteiger partial charge in [0.25, 0.3) is 0 Å². The lowest BCUT2D eigenvalue weighted by Crippen LogP contribution is -2.41. The van der Waals surface area contributed by atoms with Crippen molar-refractivity contribution >= 4 is 5.91 Å². The second kappa shape index (κ2) is 5.28. The topological polar surface area (TPSA) is 20.3 Å². The van der Waals surface area contributed by atoms with Crippen molar-refractivity contribution in [1.82, 2.24) is 4.90 Å². The van der Waals surface area contributed by atoms with Crippen LogP contribution in [0.4, 0.5) is 0 Å². The van der Waals surface area contributed by atoms with Crippen LogP contribution in [-0.4, -0.2) is 17.4 Å². The van der Waals surface area contributed by atoms with Gasteiger partial charge < -0.3 is 4.90 Å². The molecule has 0 radical (unpaired) electrons. The summed E-state index contributed by atoms with van der Waals surface area (Å²) in [6.07, 6.45) is 3.11. The third kappa shape index (κ3) is 2.33. The molecule has 1 unspecified atom stereocenters. The number of hydrogen-bond donors (Lipinski definition) is 0. The van der Waals surface area contributed by atoms with Crippen LogP contribution in [0, 0.1) is 12.8 Å². The number of aryl methyl sites for hydroxylation is 1. The van der Waals surface area contributed by atoms with E-state index >= 15 is 0 Å². The molecular formula is C20H21NO. The zero-order valence-corrected chi connectivity index (χ0v) is 13.0. The first-order chi connectivity index (χ1) is 10.7. The highest BCUT2D eigenvalue weighted by Gasteiger charge is 2.39. The molecule has 2 nitrogen and oxygen atoms in total. The van der Waals surface area contributed by atoms with Gasteiger partial charge in [-0.05, 0) is 42.9 Å². The van der Waals surface area contributed by atoms with Gasteiger partial charge in [0, 0.05) is 12.5 Å². The third-order valence-electron chi connectivity index (χ3n) is 4.85. The Morgan fingerprint density at radius 1 is 1.09 bits per heavy atom. The lowest BCUT2D eigenvalue weighted by molar-refractivity contribution is -0.134. The second-order valence-electron chi connectivity index (χ2n) is 6.57. The van der Waals surface area contributed by atoms with E-state index in [1.807, 2.05) is 6.07 Å². The van der Waals surface area contributed by atoms with Crippen LogP contribution in [0.2, 0.25) is 0 Å². The van der Waals surface area contributed by atoms with Gasteiger partial charge in [0.15, 0.2) is 0 Å². The van der Waals surface area contributed by atoms with Crippen LogP contribution in [0.1, 0.15) is 41.1 Å². The highest BCUT2D eigenvalue weighted by molar-refractivity contribution is 5.82. The summed E-state index contributed by atoms with van der Waals surface area (Å²) in [5.74, 6) is 0.623. The van der Waals surface area contributed by atoms with Gasteiger partial charge in [-0.15, -0.1) is 0 Å². The van der Waals surface area contributed by atoms with Crippen LogP contribution >= 0.6 is 0 Å². The molecule has 0 spiro atoms. The van der Waals surface area contributed by atoms with Crippen molar-refractivity contribution in [2.45, 2.75) is 32.2 Å². The van der Waals surface area contributed by atoms with Crippen LogP contribution in [-0.2, 0) is 11.2 Å². The Morgan fingerprint density at radius 2 is 1.86 bits per heavy atom. The number of amides is 1. The molecule has 2 aliphatic rings. The van der Waals surface area contributed by atoms with Crippen molar-refractivity contribution in [3.8, 4) is 0 Å². The minimum atomic E-state index is 0.0821. The zero-order chi connectivity index (χ0) is 15.1. The normalized spacial score (nSPS) is 20.6. The molecule has 1 fully saturated rings. The number of hydrogen-bond acceptors (Lipinski definition) is 1. The van der Waals surface area contributed by atoms with Gasteiger partial charge >= 0.3 is 0 Å². The molecule has 1 heterocycles. The first-order valence-electron chi connectivity index (χ1n) is 8.19. The first kappa shape index (κ1) is 13.6. The van der Waals surface area contributed by atoms with Crippen molar-refractivity contribution in [1.29, 1.82) is 0 Å². The maximum atomic E-state index is 12.7. The Hall–Kier alpha value is -2.09. The van der Waals surface area contributed by atoms with Gasteiger partial charge in [0.1, 0.15) is 0 Å². The van der Waals surface area contributed by atoms with Crippen molar-refractivity contribution in [2.24, 2.45) is 5.92 Å². The summed E-state index contributed by atoms with van der Waals surface area (Å²) >= 11 is 0. The van der Waals surface area contributed by atoms with Crippen LogP contribution in [0.15, 0.2) is 48.5 Å². The SMILES string of the molecule is Cc1ccc2c(c1)CCN(C(=O)C1CC1)C2c1ccccc1. The molecular weight excluding hydrogens is 270 g/mol. The maximum Gasteiger partial charge on any atom is 0.226 e. The first-order valence-corrected chi connectivity index (χ1v) is 8.19. The highest BCUT2D eigenvalue weighted by Crippen LogP contribution is 2.40. The fourth-order valence-corrected chi connectivity index (χ4v) is 3.55. The molecule has 0 bridgehead atoms. The van der Waals surface area contributed by atoms with Gasteiger partial charge in [-0.3, -0.25) is 4.79 Å². The Balaban J connectivity index is 1.80. The predicted octanol–water partition coefficient (Wildman–Crippen LogP) is 3.88. The summed E-state index contributed by atoms with van der Waals surface area (Å²) in [5.41, 5.74) is 5.22. The van der Waals surface area contributed by atoms with Crippen LogP contribution in [0.5, 0.6) is 0 Å². The molecule has 1 aliphatic carbocycles.